The minimum atomic E-state index is -2.19. The number of rotatable bonds is 7. The van der Waals surface area contributed by atoms with Gasteiger partial charge in [-0.1, -0.05) is 25.9 Å². The van der Waals surface area contributed by atoms with Crippen LogP contribution in [0, 0.1) is 0 Å². The summed E-state index contributed by atoms with van der Waals surface area (Å²) in [7, 11) is -2.19. The summed E-state index contributed by atoms with van der Waals surface area (Å²) in [5.41, 5.74) is 8.51. The number of carbonyl (C=O) groups excluding carboxylic acids is 3. The molecule has 1 heterocycles. The van der Waals surface area contributed by atoms with Crippen molar-refractivity contribution in [3.05, 3.63) is 10.4 Å². The van der Waals surface area contributed by atoms with Gasteiger partial charge in [-0.05, 0) is 23.7 Å². The van der Waals surface area contributed by atoms with Crippen molar-refractivity contribution in [2.75, 3.05) is 6.54 Å². The number of amides is 2. The first-order valence-electron chi connectivity index (χ1n) is 7.73. The summed E-state index contributed by atoms with van der Waals surface area (Å²) in [6.45, 7) is 10.1. The normalized spacial score (nSPS) is 16.8. The van der Waals surface area contributed by atoms with Crippen molar-refractivity contribution in [2.45, 2.75) is 64.3 Å². The van der Waals surface area contributed by atoms with E-state index < -0.39 is 32.2 Å². The Balaban J connectivity index is 2.75. The van der Waals surface area contributed by atoms with E-state index in [9.17, 15) is 14.4 Å². The van der Waals surface area contributed by atoms with Gasteiger partial charge in [0, 0.05) is 17.8 Å². The maximum absolute atomic E-state index is 12.0. The summed E-state index contributed by atoms with van der Waals surface area (Å²) < 4.78 is 6.08. The van der Waals surface area contributed by atoms with Gasteiger partial charge in [-0.15, -0.1) is 5.06 Å². The Kier molecular flexibility index (Phi) is 6.53. The Morgan fingerprint density at radius 1 is 1.33 bits per heavy atom. The van der Waals surface area contributed by atoms with Crippen molar-refractivity contribution in [2.24, 2.45) is 5.11 Å². The van der Waals surface area contributed by atoms with Gasteiger partial charge in [-0.2, -0.15) is 0 Å². The van der Waals surface area contributed by atoms with E-state index in [4.69, 9.17) is 14.8 Å². The summed E-state index contributed by atoms with van der Waals surface area (Å²) in [6, 6.07) is 0. The Bertz CT molecular complexity index is 550. The molecule has 0 radical (unpaired) electrons. The maximum atomic E-state index is 12.0. The first-order chi connectivity index (χ1) is 11.0. The lowest BCUT2D eigenvalue weighted by atomic mass is 10.2. The molecule has 0 aromatic rings. The van der Waals surface area contributed by atoms with Gasteiger partial charge in [0.25, 0.3) is 11.8 Å². The van der Waals surface area contributed by atoms with Crippen molar-refractivity contribution in [3.63, 3.8) is 0 Å². The quantitative estimate of drug-likeness (QED) is 0.228. The lowest BCUT2D eigenvalue weighted by molar-refractivity contribution is -0.198. The maximum Gasteiger partial charge on any atom is 0.335 e. The second-order valence-electron chi connectivity index (χ2n) is 7.16. The molecule has 1 atom stereocenters. The van der Waals surface area contributed by atoms with E-state index in [1.54, 1.807) is 0 Å². The van der Waals surface area contributed by atoms with Crippen LogP contribution >= 0.6 is 0 Å². The number of carbonyl (C=O) groups is 3. The molecular weight excluding hydrogens is 332 g/mol. The summed E-state index contributed by atoms with van der Waals surface area (Å²) in [6.07, 6.45) is -0.798. The molecule has 1 aliphatic heterocycles. The molecule has 1 aliphatic rings. The fourth-order valence-corrected chi connectivity index (χ4v) is 3.19. The van der Waals surface area contributed by atoms with Gasteiger partial charge in [0.2, 0.25) is 0 Å². The van der Waals surface area contributed by atoms with Crippen molar-refractivity contribution < 1.29 is 23.6 Å². The summed E-state index contributed by atoms with van der Waals surface area (Å²) >= 11 is 0. The molecular formula is C14H24N4O5Si. The summed E-state index contributed by atoms with van der Waals surface area (Å²) in [5.74, 6) is -1.84. The molecule has 1 fully saturated rings. The predicted molar refractivity (Wildman–Crippen MR) is 87.9 cm³/mol. The molecule has 0 N–H and O–H groups in total. The number of hydrogen-bond donors (Lipinski definition) is 0. The fourth-order valence-electron chi connectivity index (χ4n) is 1.85. The van der Waals surface area contributed by atoms with E-state index in [1.165, 1.54) is 0 Å². The number of azide groups is 1. The van der Waals surface area contributed by atoms with Crippen LogP contribution in [0.3, 0.4) is 0 Å². The van der Waals surface area contributed by atoms with E-state index in [1.807, 2.05) is 33.9 Å². The molecule has 1 rings (SSSR count). The van der Waals surface area contributed by atoms with E-state index in [0.29, 0.717) is 5.06 Å². The third-order valence-electron chi connectivity index (χ3n) is 4.21. The molecule has 134 valence electrons. The molecule has 0 aromatic heterocycles. The molecule has 0 aliphatic carbocycles. The summed E-state index contributed by atoms with van der Waals surface area (Å²) in [5, 5.41) is 3.88. The van der Waals surface area contributed by atoms with Gasteiger partial charge in [-0.25, -0.2) is 4.79 Å². The highest BCUT2D eigenvalue weighted by molar-refractivity contribution is 6.74. The van der Waals surface area contributed by atoms with Gasteiger partial charge in [0.1, 0.15) is 0 Å². The number of hydroxylamine groups is 2. The van der Waals surface area contributed by atoms with E-state index in [2.05, 4.69) is 10.0 Å². The molecule has 0 saturated carbocycles. The van der Waals surface area contributed by atoms with Crippen LogP contribution in [-0.2, 0) is 23.6 Å². The van der Waals surface area contributed by atoms with Crippen LogP contribution in [0.1, 0.15) is 40.0 Å². The van der Waals surface area contributed by atoms with E-state index in [0.717, 1.165) is 0 Å². The highest BCUT2D eigenvalue weighted by Crippen LogP contribution is 2.37. The van der Waals surface area contributed by atoms with Gasteiger partial charge in [0.15, 0.2) is 8.32 Å². The Hall–Kier alpha value is -1.90. The third kappa shape index (κ3) is 5.33. The molecule has 10 heteroatoms. The number of hydrogen-bond acceptors (Lipinski definition) is 6. The molecule has 0 spiro atoms. The van der Waals surface area contributed by atoms with Crippen LogP contribution in [0.4, 0.5) is 0 Å². The zero-order chi connectivity index (χ0) is 18.5. The zero-order valence-electron chi connectivity index (χ0n) is 14.7. The average molecular weight is 356 g/mol. The van der Waals surface area contributed by atoms with E-state index >= 15 is 0 Å². The van der Waals surface area contributed by atoms with Crippen LogP contribution in [0.15, 0.2) is 5.11 Å². The SMILES string of the molecule is CC(C)(C)[Si](C)(C)O[C@@H](CN=[N+]=[N-])CC(=O)ON1C(=O)CCC1=O. The van der Waals surface area contributed by atoms with Crippen LogP contribution in [0.25, 0.3) is 10.4 Å². The van der Waals surface area contributed by atoms with Crippen LogP contribution in [0.2, 0.25) is 18.1 Å². The molecule has 1 saturated heterocycles. The van der Waals surface area contributed by atoms with E-state index in [-0.39, 0.29) is 30.8 Å². The number of imide groups is 1. The summed E-state index contributed by atoms with van der Waals surface area (Å²) in [4.78, 5) is 42.5. The third-order valence-corrected chi connectivity index (χ3v) is 8.74. The Morgan fingerprint density at radius 3 is 2.33 bits per heavy atom. The minimum Gasteiger partial charge on any atom is -0.413 e. The van der Waals surface area contributed by atoms with Crippen molar-refractivity contribution in [1.82, 2.24) is 5.06 Å². The largest absolute Gasteiger partial charge is 0.413 e. The average Bonchev–Trinajstić information content (AvgIpc) is 2.75. The van der Waals surface area contributed by atoms with Crippen molar-refractivity contribution >= 4 is 26.1 Å². The highest BCUT2D eigenvalue weighted by Gasteiger charge is 2.40. The zero-order valence-corrected chi connectivity index (χ0v) is 15.7. The number of nitrogens with zero attached hydrogens (tertiary/aromatic N) is 4. The first-order valence-corrected chi connectivity index (χ1v) is 10.6. The first kappa shape index (κ1) is 20.1. The van der Waals surface area contributed by atoms with Gasteiger partial charge >= 0.3 is 5.97 Å². The van der Waals surface area contributed by atoms with Crippen LogP contribution in [0.5, 0.6) is 0 Å². The van der Waals surface area contributed by atoms with Crippen LogP contribution < -0.4 is 0 Å². The smallest absolute Gasteiger partial charge is 0.335 e. The lowest BCUT2D eigenvalue weighted by Gasteiger charge is -2.38. The second-order valence-corrected chi connectivity index (χ2v) is 11.9. The molecule has 9 nitrogen and oxygen atoms in total. The predicted octanol–water partition coefficient (Wildman–Crippen LogP) is 2.68. The second kappa shape index (κ2) is 7.78. The molecule has 0 unspecified atom stereocenters. The minimum absolute atomic E-state index is 0.0278. The lowest BCUT2D eigenvalue weighted by Crippen LogP contribution is -2.45. The Morgan fingerprint density at radius 2 is 1.88 bits per heavy atom. The molecule has 2 amide bonds. The molecule has 0 bridgehead atoms. The molecule has 24 heavy (non-hydrogen) atoms. The van der Waals surface area contributed by atoms with Crippen molar-refractivity contribution in [3.8, 4) is 0 Å². The Labute approximate surface area is 142 Å². The topological polar surface area (TPSA) is 122 Å². The molecule has 0 aromatic carbocycles. The van der Waals surface area contributed by atoms with Gasteiger partial charge < -0.3 is 9.26 Å². The monoisotopic (exact) mass is 356 g/mol. The standard InChI is InChI=1S/C14H24N4O5Si/c1-14(2,3)24(4,5)23-10(9-16-17-15)8-13(21)22-18-11(19)6-7-12(18)20/h10H,6-9H2,1-5H3/t10-/m1/s1. The van der Waals surface area contributed by atoms with Crippen LogP contribution in [-0.4, -0.2) is 43.8 Å². The van der Waals surface area contributed by atoms with Gasteiger partial charge in [-0.3, -0.25) is 9.59 Å². The fraction of sp³-hybridized carbons (Fsp3) is 0.786. The van der Waals surface area contributed by atoms with Gasteiger partial charge in [0.05, 0.1) is 19.1 Å². The van der Waals surface area contributed by atoms with Crippen molar-refractivity contribution in [1.29, 1.82) is 0 Å². The highest BCUT2D eigenvalue weighted by atomic mass is 28.4.